The van der Waals surface area contributed by atoms with Crippen molar-refractivity contribution in [2.75, 3.05) is 13.2 Å². The van der Waals surface area contributed by atoms with Crippen LogP contribution in [0.25, 0.3) is 0 Å². The third-order valence-corrected chi connectivity index (χ3v) is 15.3. The van der Waals surface area contributed by atoms with E-state index in [4.69, 9.17) is 23.7 Å². The Morgan fingerprint density at radius 3 is 1.12 bits per heavy atom. The number of carbonyl (C=O) groups excluding carboxylic acids is 3. The molecule has 1 aliphatic heterocycles. The number of rotatable bonds is 58. The Morgan fingerprint density at radius 1 is 0.398 bits per heavy atom. The molecule has 0 amide bonds. The molecule has 0 radical (unpaired) electrons. The van der Waals surface area contributed by atoms with Gasteiger partial charge in [-0.15, -0.1) is 0 Å². The van der Waals surface area contributed by atoms with Crippen molar-refractivity contribution >= 4 is 23.9 Å². The molecule has 83 heavy (non-hydrogen) atoms. The topological polar surface area (TPSA) is 175 Å². The van der Waals surface area contributed by atoms with Gasteiger partial charge in [-0.05, 0) is 96.3 Å². The highest BCUT2D eigenvalue weighted by Gasteiger charge is 2.50. The van der Waals surface area contributed by atoms with E-state index in [0.717, 1.165) is 122 Å². The summed E-state index contributed by atoms with van der Waals surface area (Å²) in [6.07, 6.45) is 62.7. The van der Waals surface area contributed by atoms with Gasteiger partial charge in [-0.3, -0.25) is 14.4 Å². The minimum atomic E-state index is -1.91. The summed E-state index contributed by atoms with van der Waals surface area (Å²) < 4.78 is 28.6. The van der Waals surface area contributed by atoms with E-state index >= 15 is 0 Å². The molecule has 1 rings (SSSR count). The highest BCUT2D eigenvalue weighted by atomic mass is 16.7. The Hall–Kier alpha value is -3.84. The number of hydrogen-bond donors (Lipinski definition) is 3. The minimum Gasteiger partial charge on any atom is -0.479 e. The molecule has 478 valence electrons. The van der Waals surface area contributed by atoms with Crippen molar-refractivity contribution in [1.82, 2.24) is 0 Å². The molecule has 0 aliphatic carbocycles. The number of carboxylic acid groups (broad SMARTS) is 1. The van der Waals surface area contributed by atoms with Gasteiger partial charge >= 0.3 is 23.9 Å². The van der Waals surface area contributed by atoms with Crippen LogP contribution in [0.1, 0.15) is 303 Å². The van der Waals surface area contributed by atoms with E-state index in [1.807, 2.05) is 0 Å². The molecule has 0 aromatic heterocycles. The van der Waals surface area contributed by atoms with E-state index in [0.29, 0.717) is 19.3 Å². The van der Waals surface area contributed by atoms with E-state index in [1.165, 1.54) is 122 Å². The summed E-state index contributed by atoms with van der Waals surface area (Å²) in [5.41, 5.74) is 0. The van der Waals surface area contributed by atoms with Crippen molar-refractivity contribution in [2.45, 2.75) is 340 Å². The molecule has 12 nitrogen and oxygen atoms in total. The molecule has 0 bridgehead atoms. The fourth-order valence-corrected chi connectivity index (χ4v) is 10.0. The molecule has 1 saturated heterocycles. The summed E-state index contributed by atoms with van der Waals surface area (Å²) in [5, 5.41) is 31.6. The zero-order valence-corrected chi connectivity index (χ0v) is 52.9. The number of aliphatic hydroxyl groups is 2. The molecule has 0 aromatic carbocycles. The predicted octanol–water partition coefficient (Wildman–Crippen LogP) is 18.5. The molecule has 0 spiro atoms. The van der Waals surface area contributed by atoms with Crippen LogP contribution in [0, 0.1) is 0 Å². The summed E-state index contributed by atoms with van der Waals surface area (Å²) in [5.74, 6) is -3.13. The van der Waals surface area contributed by atoms with E-state index in [1.54, 1.807) is 0 Å². The van der Waals surface area contributed by atoms with Gasteiger partial charge in [0.2, 0.25) is 0 Å². The Kier molecular flexibility index (Phi) is 54.4. The highest BCUT2D eigenvalue weighted by molar-refractivity contribution is 5.74. The first-order valence-corrected chi connectivity index (χ1v) is 33.9. The van der Waals surface area contributed by atoms with Gasteiger partial charge in [0.05, 0.1) is 6.61 Å². The SMILES string of the molecule is CCCCC/C=C\C/C=C\C/C=C\CCCCCCCCC(=O)OCC(COC1OC(C(=O)O)C(O)C(O)C1OC(=O)CCCCCCCC/C=C\C/C=C\C/C=C\CCCCC)OC(=O)CCCCCCCCCCCCCCCCC. The fraction of sp³-hybridized carbons (Fsp3) is 0.775. The minimum absolute atomic E-state index is 0.0443. The molecule has 1 aliphatic rings. The van der Waals surface area contributed by atoms with Crippen LogP contribution in [0.15, 0.2) is 72.9 Å². The summed E-state index contributed by atoms with van der Waals surface area (Å²) in [7, 11) is 0. The first-order valence-electron chi connectivity index (χ1n) is 33.9. The number of aliphatic carboxylic acids is 1. The second-order valence-corrected chi connectivity index (χ2v) is 23.1. The fourth-order valence-electron chi connectivity index (χ4n) is 10.0. The second kappa shape index (κ2) is 58.5. The largest absolute Gasteiger partial charge is 0.479 e. The number of carboxylic acids is 1. The number of ether oxygens (including phenoxy) is 5. The normalized spacial score (nSPS) is 18.0. The number of allylic oxidation sites excluding steroid dienone is 12. The zero-order valence-electron chi connectivity index (χ0n) is 52.9. The molecule has 0 saturated carbocycles. The van der Waals surface area contributed by atoms with Crippen LogP contribution in [0.3, 0.4) is 0 Å². The average molecular weight is 1170 g/mol. The van der Waals surface area contributed by atoms with Crippen molar-refractivity contribution in [3.05, 3.63) is 72.9 Å². The van der Waals surface area contributed by atoms with Gasteiger partial charge in [0.1, 0.15) is 18.8 Å². The van der Waals surface area contributed by atoms with Crippen LogP contribution in [-0.4, -0.2) is 89.2 Å². The van der Waals surface area contributed by atoms with Gasteiger partial charge in [0.25, 0.3) is 0 Å². The van der Waals surface area contributed by atoms with Crippen LogP contribution >= 0.6 is 0 Å². The van der Waals surface area contributed by atoms with Crippen molar-refractivity contribution in [3.63, 3.8) is 0 Å². The molecule has 6 atom stereocenters. The number of unbranched alkanes of at least 4 members (excludes halogenated alkanes) is 32. The number of hydrogen-bond acceptors (Lipinski definition) is 11. The number of aliphatic hydroxyl groups excluding tert-OH is 2. The lowest BCUT2D eigenvalue weighted by Crippen LogP contribution is -2.61. The molecule has 1 heterocycles. The highest BCUT2D eigenvalue weighted by Crippen LogP contribution is 2.27. The van der Waals surface area contributed by atoms with E-state index in [9.17, 15) is 34.5 Å². The van der Waals surface area contributed by atoms with Gasteiger partial charge in [-0.25, -0.2) is 4.79 Å². The van der Waals surface area contributed by atoms with Gasteiger partial charge < -0.3 is 39.0 Å². The first-order chi connectivity index (χ1) is 40.6. The maximum absolute atomic E-state index is 13.2. The third-order valence-electron chi connectivity index (χ3n) is 15.3. The zero-order chi connectivity index (χ0) is 60.3. The number of carbonyl (C=O) groups is 4. The molecular formula is C71H122O12. The lowest BCUT2D eigenvalue weighted by molar-refractivity contribution is -0.301. The summed E-state index contributed by atoms with van der Waals surface area (Å²) >= 11 is 0. The molecule has 0 aromatic rings. The average Bonchev–Trinajstić information content (AvgIpc) is 3.57. The summed E-state index contributed by atoms with van der Waals surface area (Å²) in [4.78, 5) is 51.4. The van der Waals surface area contributed by atoms with Crippen LogP contribution in [-0.2, 0) is 42.9 Å². The first kappa shape index (κ1) is 77.2. The predicted molar refractivity (Wildman–Crippen MR) is 340 cm³/mol. The van der Waals surface area contributed by atoms with Crippen molar-refractivity contribution in [1.29, 1.82) is 0 Å². The van der Waals surface area contributed by atoms with Gasteiger partial charge in [0.15, 0.2) is 24.6 Å². The van der Waals surface area contributed by atoms with Gasteiger partial charge in [-0.1, -0.05) is 261 Å². The lowest BCUT2D eigenvalue weighted by Gasteiger charge is -2.40. The Morgan fingerprint density at radius 2 is 0.723 bits per heavy atom. The maximum Gasteiger partial charge on any atom is 0.335 e. The Bertz CT molecular complexity index is 1720. The standard InChI is InChI=1S/C71H122O12/c1-4-7-10-13-16-19-22-25-28-30-32-34-37-39-42-45-48-51-54-57-63(72)79-60-62(81-64(73)58-55-52-49-46-43-40-36-27-24-21-18-15-12-9-6-3)61-80-71-69(67(76)66(75)68(83-71)70(77)78)82-65(74)59-56-53-50-47-44-41-38-35-33-31-29-26-23-20-17-14-11-8-5-2/h16-17,19-20,25-26,28-29,32-35,62,66-69,71,75-76H,4-15,18,21-24,27,30-31,36-61H2,1-3H3,(H,77,78)/b19-16-,20-17-,28-25-,29-26-,34-32-,35-33-. The van der Waals surface area contributed by atoms with Gasteiger partial charge in [-0.2, -0.15) is 0 Å². The van der Waals surface area contributed by atoms with Crippen molar-refractivity contribution in [2.24, 2.45) is 0 Å². The lowest BCUT2D eigenvalue weighted by atomic mass is 9.98. The smallest absolute Gasteiger partial charge is 0.335 e. The molecular weight excluding hydrogens is 1040 g/mol. The second-order valence-electron chi connectivity index (χ2n) is 23.1. The third kappa shape index (κ3) is 48.0. The van der Waals surface area contributed by atoms with Crippen LogP contribution in [0.5, 0.6) is 0 Å². The van der Waals surface area contributed by atoms with E-state index in [2.05, 4.69) is 93.7 Å². The molecule has 3 N–H and O–H groups in total. The van der Waals surface area contributed by atoms with Crippen LogP contribution in [0.2, 0.25) is 0 Å². The molecule has 6 unspecified atom stereocenters. The summed E-state index contributed by atoms with van der Waals surface area (Å²) in [6, 6.07) is 0. The van der Waals surface area contributed by atoms with E-state index < -0.39 is 67.3 Å². The van der Waals surface area contributed by atoms with E-state index in [-0.39, 0.29) is 25.9 Å². The molecule has 1 fully saturated rings. The molecule has 12 heteroatoms. The van der Waals surface area contributed by atoms with Crippen LogP contribution < -0.4 is 0 Å². The number of esters is 3. The maximum atomic E-state index is 13.2. The Balaban J connectivity index is 2.65. The monoisotopic (exact) mass is 1170 g/mol. The van der Waals surface area contributed by atoms with Crippen molar-refractivity contribution in [3.8, 4) is 0 Å². The summed E-state index contributed by atoms with van der Waals surface area (Å²) in [6.45, 7) is 5.97. The quantitative estimate of drug-likeness (QED) is 0.0228. The van der Waals surface area contributed by atoms with Crippen LogP contribution in [0.4, 0.5) is 0 Å². The van der Waals surface area contributed by atoms with Crippen molar-refractivity contribution < 1.29 is 58.2 Å². The van der Waals surface area contributed by atoms with Gasteiger partial charge in [0, 0.05) is 19.3 Å². The Labute approximate surface area is 506 Å².